The number of ether oxygens (including phenoxy) is 1. The Kier molecular flexibility index (Phi) is 3.77. The standard InChI is InChI=1S/C14H15FN2O/c1-10(2)18-12-8-6-11(7-9-12)16-14-5-3-4-13(15)17-14/h3-10H,1-2H3,(H,16,17). The highest BCUT2D eigenvalue weighted by atomic mass is 19.1. The molecule has 2 aromatic rings. The lowest BCUT2D eigenvalue weighted by Crippen LogP contribution is -2.05. The largest absolute Gasteiger partial charge is 0.491 e. The first-order chi connectivity index (χ1) is 8.63. The highest BCUT2D eigenvalue weighted by molar-refractivity contribution is 5.56. The molecule has 1 aromatic heterocycles. The van der Waals surface area contributed by atoms with Gasteiger partial charge in [0.2, 0.25) is 5.95 Å². The van der Waals surface area contributed by atoms with Crippen molar-refractivity contribution >= 4 is 11.5 Å². The highest BCUT2D eigenvalue weighted by Gasteiger charge is 2.00. The lowest BCUT2D eigenvalue weighted by molar-refractivity contribution is 0.242. The van der Waals surface area contributed by atoms with Gasteiger partial charge < -0.3 is 10.1 Å². The molecule has 0 atom stereocenters. The topological polar surface area (TPSA) is 34.1 Å². The maximum Gasteiger partial charge on any atom is 0.214 e. The van der Waals surface area contributed by atoms with E-state index in [9.17, 15) is 4.39 Å². The summed E-state index contributed by atoms with van der Waals surface area (Å²) in [6.45, 7) is 3.95. The van der Waals surface area contributed by atoms with Gasteiger partial charge in [0.1, 0.15) is 11.6 Å². The van der Waals surface area contributed by atoms with Crippen molar-refractivity contribution in [2.45, 2.75) is 20.0 Å². The molecule has 1 aromatic carbocycles. The van der Waals surface area contributed by atoms with Crippen LogP contribution in [-0.4, -0.2) is 11.1 Å². The summed E-state index contributed by atoms with van der Waals surface area (Å²) < 4.78 is 18.4. The van der Waals surface area contributed by atoms with Crippen LogP contribution in [0.15, 0.2) is 42.5 Å². The van der Waals surface area contributed by atoms with Crippen LogP contribution in [0.1, 0.15) is 13.8 Å². The number of benzene rings is 1. The van der Waals surface area contributed by atoms with Crippen molar-refractivity contribution in [3.8, 4) is 5.75 Å². The summed E-state index contributed by atoms with van der Waals surface area (Å²) in [5, 5.41) is 3.02. The zero-order chi connectivity index (χ0) is 13.0. The molecule has 0 aliphatic heterocycles. The summed E-state index contributed by atoms with van der Waals surface area (Å²) in [6.07, 6.45) is 0.147. The van der Waals surface area contributed by atoms with E-state index in [1.807, 2.05) is 38.1 Å². The number of hydrogen-bond acceptors (Lipinski definition) is 3. The predicted molar refractivity (Wildman–Crippen MR) is 69.7 cm³/mol. The van der Waals surface area contributed by atoms with Crippen molar-refractivity contribution in [1.29, 1.82) is 0 Å². The van der Waals surface area contributed by atoms with Crippen molar-refractivity contribution in [3.05, 3.63) is 48.4 Å². The van der Waals surface area contributed by atoms with Crippen molar-refractivity contribution in [2.75, 3.05) is 5.32 Å². The quantitative estimate of drug-likeness (QED) is 0.834. The molecule has 0 aliphatic rings. The first-order valence-corrected chi connectivity index (χ1v) is 5.80. The average Bonchev–Trinajstić information content (AvgIpc) is 2.31. The van der Waals surface area contributed by atoms with E-state index in [1.165, 1.54) is 6.07 Å². The van der Waals surface area contributed by atoms with Gasteiger partial charge in [0.25, 0.3) is 0 Å². The van der Waals surface area contributed by atoms with Crippen LogP contribution < -0.4 is 10.1 Å². The molecule has 0 fully saturated rings. The first-order valence-electron chi connectivity index (χ1n) is 5.80. The van der Waals surface area contributed by atoms with Gasteiger partial charge in [-0.15, -0.1) is 0 Å². The number of nitrogens with one attached hydrogen (secondary N) is 1. The number of hydrogen-bond donors (Lipinski definition) is 1. The van der Waals surface area contributed by atoms with E-state index in [2.05, 4.69) is 10.3 Å². The smallest absolute Gasteiger partial charge is 0.214 e. The molecule has 0 saturated heterocycles. The average molecular weight is 246 g/mol. The van der Waals surface area contributed by atoms with E-state index in [0.29, 0.717) is 5.82 Å². The van der Waals surface area contributed by atoms with Crippen molar-refractivity contribution < 1.29 is 9.13 Å². The van der Waals surface area contributed by atoms with E-state index >= 15 is 0 Å². The second-order valence-electron chi connectivity index (χ2n) is 4.16. The minimum absolute atomic E-state index is 0.147. The first kappa shape index (κ1) is 12.4. The molecule has 18 heavy (non-hydrogen) atoms. The summed E-state index contributed by atoms with van der Waals surface area (Å²) in [5.74, 6) is 0.787. The summed E-state index contributed by atoms with van der Waals surface area (Å²) in [4.78, 5) is 3.73. The fourth-order valence-corrected chi connectivity index (χ4v) is 1.51. The van der Waals surface area contributed by atoms with Crippen molar-refractivity contribution in [3.63, 3.8) is 0 Å². The SMILES string of the molecule is CC(C)Oc1ccc(Nc2cccc(F)n2)cc1. The Bertz CT molecular complexity index is 511. The molecular formula is C14H15FN2O. The number of rotatable bonds is 4. The molecule has 4 heteroatoms. The van der Waals surface area contributed by atoms with Crippen molar-refractivity contribution in [1.82, 2.24) is 4.98 Å². The van der Waals surface area contributed by atoms with Gasteiger partial charge in [0, 0.05) is 5.69 Å². The summed E-state index contributed by atoms with van der Waals surface area (Å²) in [7, 11) is 0. The lowest BCUT2D eigenvalue weighted by Gasteiger charge is -2.10. The van der Waals surface area contributed by atoms with Crippen molar-refractivity contribution in [2.24, 2.45) is 0 Å². The number of anilines is 2. The molecule has 0 aliphatic carbocycles. The van der Waals surface area contributed by atoms with Crippen LogP contribution in [0.3, 0.4) is 0 Å². The molecule has 0 amide bonds. The molecule has 0 unspecified atom stereocenters. The van der Waals surface area contributed by atoms with Gasteiger partial charge in [-0.3, -0.25) is 0 Å². The molecule has 0 saturated carbocycles. The number of halogens is 1. The van der Waals surface area contributed by atoms with E-state index in [4.69, 9.17) is 4.74 Å². The van der Waals surface area contributed by atoms with Crippen LogP contribution in [0.4, 0.5) is 15.9 Å². The number of nitrogens with zero attached hydrogens (tertiary/aromatic N) is 1. The van der Waals surface area contributed by atoms with Crippen LogP contribution in [0.5, 0.6) is 5.75 Å². The van der Waals surface area contributed by atoms with Gasteiger partial charge in [-0.2, -0.15) is 4.39 Å². The number of pyridine rings is 1. The highest BCUT2D eigenvalue weighted by Crippen LogP contribution is 2.19. The minimum Gasteiger partial charge on any atom is -0.491 e. The van der Waals surface area contributed by atoms with Gasteiger partial charge in [-0.25, -0.2) is 4.98 Å². The van der Waals surface area contributed by atoms with Gasteiger partial charge in [-0.05, 0) is 50.2 Å². The fourth-order valence-electron chi connectivity index (χ4n) is 1.51. The lowest BCUT2D eigenvalue weighted by atomic mass is 10.3. The third kappa shape index (κ3) is 3.45. The monoisotopic (exact) mass is 246 g/mol. The zero-order valence-electron chi connectivity index (χ0n) is 10.4. The Balaban J connectivity index is 2.06. The molecule has 0 spiro atoms. The third-order valence-electron chi connectivity index (χ3n) is 2.21. The second-order valence-corrected chi connectivity index (χ2v) is 4.16. The fraction of sp³-hybridized carbons (Fsp3) is 0.214. The number of aromatic nitrogens is 1. The Morgan fingerprint density at radius 1 is 1.11 bits per heavy atom. The van der Waals surface area contributed by atoms with Crippen LogP contribution in [0.2, 0.25) is 0 Å². The maximum atomic E-state index is 12.9. The summed E-state index contributed by atoms with van der Waals surface area (Å²) in [6, 6.07) is 12.1. The third-order valence-corrected chi connectivity index (χ3v) is 2.21. The molecule has 94 valence electrons. The second kappa shape index (κ2) is 5.49. The molecule has 0 bridgehead atoms. The van der Waals surface area contributed by atoms with Gasteiger partial charge in [0.05, 0.1) is 6.10 Å². The van der Waals surface area contributed by atoms with E-state index < -0.39 is 5.95 Å². The van der Waals surface area contributed by atoms with E-state index in [1.54, 1.807) is 12.1 Å². The molecular weight excluding hydrogens is 231 g/mol. The van der Waals surface area contributed by atoms with Crippen LogP contribution >= 0.6 is 0 Å². The molecule has 0 radical (unpaired) electrons. The van der Waals surface area contributed by atoms with Crippen LogP contribution in [-0.2, 0) is 0 Å². The summed E-state index contributed by atoms with van der Waals surface area (Å²) in [5.41, 5.74) is 0.837. The van der Waals surface area contributed by atoms with Crippen LogP contribution in [0.25, 0.3) is 0 Å². The molecule has 2 rings (SSSR count). The molecule has 1 heterocycles. The Labute approximate surface area is 106 Å². The van der Waals surface area contributed by atoms with Gasteiger partial charge in [-0.1, -0.05) is 6.07 Å². The maximum absolute atomic E-state index is 12.9. The van der Waals surface area contributed by atoms with E-state index in [0.717, 1.165) is 11.4 Å². The van der Waals surface area contributed by atoms with Crippen LogP contribution in [0, 0.1) is 5.95 Å². The Morgan fingerprint density at radius 2 is 1.83 bits per heavy atom. The zero-order valence-corrected chi connectivity index (χ0v) is 10.4. The normalized spacial score (nSPS) is 10.4. The predicted octanol–water partition coefficient (Wildman–Crippen LogP) is 3.75. The van der Waals surface area contributed by atoms with Gasteiger partial charge >= 0.3 is 0 Å². The molecule has 3 nitrogen and oxygen atoms in total. The van der Waals surface area contributed by atoms with Gasteiger partial charge in [0.15, 0.2) is 0 Å². The Morgan fingerprint density at radius 3 is 2.44 bits per heavy atom. The summed E-state index contributed by atoms with van der Waals surface area (Å²) >= 11 is 0. The minimum atomic E-state index is -0.500. The molecule has 1 N–H and O–H groups in total. The Hall–Kier alpha value is -2.10. The van der Waals surface area contributed by atoms with E-state index in [-0.39, 0.29) is 6.10 Å².